The van der Waals surface area contributed by atoms with E-state index in [1.54, 1.807) is 12.4 Å². The first-order valence-corrected chi connectivity index (χ1v) is 6.31. The third-order valence-electron chi connectivity index (χ3n) is 2.93. The summed E-state index contributed by atoms with van der Waals surface area (Å²) >= 11 is 0. The van der Waals surface area contributed by atoms with Gasteiger partial charge in [-0.05, 0) is 48.2 Å². The number of hydrogen-bond acceptors (Lipinski definition) is 2. The first-order valence-electron chi connectivity index (χ1n) is 6.31. The van der Waals surface area contributed by atoms with E-state index in [1.807, 2.05) is 31.3 Å². The van der Waals surface area contributed by atoms with Gasteiger partial charge in [0.15, 0.2) is 0 Å². The quantitative estimate of drug-likeness (QED) is 0.838. The third kappa shape index (κ3) is 3.10. The Hall–Kier alpha value is -2.35. The maximum absolute atomic E-state index is 5.70. The van der Waals surface area contributed by atoms with Gasteiger partial charge in [0.05, 0.1) is 0 Å². The average molecular weight is 250 g/mol. The van der Waals surface area contributed by atoms with Gasteiger partial charge in [0, 0.05) is 24.2 Å². The summed E-state index contributed by atoms with van der Waals surface area (Å²) in [7, 11) is 0. The van der Waals surface area contributed by atoms with E-state index in [2.05, 4.69) is 36.2 Å². The lowest BCUT2D eigenvalue weighted by Crippen LogP contribution is -1.90. The maximum Gasteiger partial charge on any atom is 0.0346 e. The molecular formula is C17H18N2. The van der Waals surface area contributed by atoms with Crippen LogP contribution in [0, 0.1) is 6.92 Å². The number of nitrogens with zero attached hydrogens (tertiary/aromatic N) is 1. The summed E-state index contributed by atoms with van der Waals surface area (Å²) in [6.07, 6.45) is 9.31. The van der Waals surface area contributed by atoms with E-state index in [4.69, 9.17) is 5.73 Å². The largest absolute Gasteiger partial charge is 0.404 e. The van der Waals surface area contributed by atoms with Crippen molar-refractivity contribution in [3.8, 4) is 11.1 Å². The zero-order chi connectivity index (χ0) is 13.7. The molecule has 1 aromatic carbocycles. The van der Waals surface area contributed by atoms with Gasteiger partial charge in [0.1, 0.15) is 0 Å². The van der Waals surface area contributed by atoms with Crippen molar-refractivity contribution < 1.29 is 0 Å². The number of hydrogen-bond donors (Lipinski definition) is 1. The molecule has 0 atom stereocenters. The van der Waals surface area contributed by atoms with Crippen molar-refractivity contribution in [2.75, 3.05) is 0 Å². The smallest absolute Gasteiger partial charge is 0.0346 e. The van der Waals surface area contributed by atoms with Gasteiger partial charge in [-0.2, -0.15) is 0 Å². The molecule has 0 radical (unpaired) electrons. The fourth-order valence-electron chi connectivity index (χ4n) is 2.08. The zero-order valence-electron chi connectivity index (χ0n) is 11.3. The Morgan fingerprint density at radius 2 is 2.05 bits per heavy atom. The molecule has 0 bridgehead atoms. The molecule has 0 aliphatic carbocycles. The summed E-state index contributed by atoms with van der Waals surface area (Å²) in [5, 5.41) is 0. The Labute approximate surface area is 114 Å². The minimum atomic E-state index is 1.02. The van der Waals surface area contributed by atoms with Crippen molar-refractivity contribution in [3.05, 3.63) is 72.2 Å². The van der Waals surface area contributed by atoms with Gasteiger partial charge >= 0.3 is 0 Å². The molecule has 19 heavy (non-hydrogen) atoms. The summed E-state index contributed by atoms with van der Waals surface area (Å²) in [5.74, 6) is 0. The minimum Gasteiger partial charge on any atom is -0.404 e. The lowest BCUT2D eigenvalue weighted by molar-refractivity contribution is 1.32. The normalized spacial score (nSPS) is 12.0. The third-order valence-corrected chi connectivity index (χ3v) is 2.93. The highest BCUT2D eigenvalue weighted by atomic mass is 14.6. The second-order valence-electron chi connectivity index (χ2n) is 4.45. The van der Waals surface area contributed by atoms with Crippen LogP contribution in [0.5, 0.6) is 0 Å². The number of rotatable bonds is 3. The second-order valence-corrected chi connectivity index (χ2v) is 4.45. The molecule has 96 valence electrons. The topological polar surface area (TPSA) is 38.9 Å². The highest BCUT2D eigenvalue weighted by Gasteiger charge is 2.03. The van der Waals surface area contributed by atoms with Gasteiger partial charge in [-0.3, -0.25) is 4.98 Å². The highest BCUT2D eigenvalue weighted by Crippen LogP contribution is 2.25. The van der Waals surface area contributed by atoms with Crippen molar-refractivity contribution >= 4 is 5.57 Å². The molecule has 1 aromatic heterocycles. The molecule has 2 N–H and O–H groups in total. The van der Waals surface area contributed by atoms with Crippen molar-refractivity contribution in [2.45, 2.75) is 13.8 Å². The van der Waals surface area contributed by atoms with Crippen LogP contribution in [0.1, 0.15) is 18.1 Å². The summed E-state index contributed by atoms with van der Waals surface area (Å²) in [4.78, 5) is 4.17. The molecule has 0 amide bonds. The molecule has 0 aliphatic rings. The van der Waals surface area contributed by atoms with Crippen LogP contribution in [0.3, 0.4) is 0 Å². The monoisotopic (exact) mass is 250 g/mol. The average Bonchev–Trinajstić information content (AvgIpc) is 2.45. The summed E-state index contributed by atoms with van der Waals surface area (Å²) in [6, 6.07) is 10.4. The minimum absolute atomic E-state index is 1.02. The second kappa shape index (κ2) is 6.01. The van der Waals surface area contributed by atoms with Crippen molar-refractivity contribution in [3.63, 3.8) is 0 Å². The number of benzene rings is 1. The summed E-state index contributed by atoms with van der Waals surface area (Å²) < 4.78 is 0. The van der Waals surface area contributed by atoms with E-state index in [0.29, 0.717) is 0 Å². The Morgan fingerprint density at radius 1 is 1.21 bits per heavy atom. The molecule has 2 aromatic rings. The van der Waals surface area contributed by atoms with Gasteiger partial charge < -0.3 is 5.73 Å². The van der Waals surface area contributed by atoms with E-state index < -0.39 is 0 Å². The molecule has 2 heteroatoms. The molecule has 0 aliphatic heterocycles. The van der Waals surface area contributed by atoms with Gasteiger partial charge in [-0.15, -0.1) is 0 Å². The molecule has 0 fully saturated rings. The van der Waals surface area contributed by atoms with Crippen LogP contribution in [0.25, 0.3) is 16.7 Å². The van der Waals surface area contributed by atoms with Gasteiger partial charge in [-0.1, -0.05) is 30.4 Å². The van der Waals surface area contributed by atoms with Crippen LogP contribution in [0.15, 0.2) is 61.1 Å². The molecular weight excluding hydrogens is 232 g/mol. The van der Waals surface area contributed by atoms with Gasteiger partial charge in [-0.25, -0.2) is 0 Å². The number of pyridine rings is 1. The summed E-state index contributed by atoms with van der Waals surface area (Å²) in [5.41, 5.74) is 11.3. The van der Waals surface area contributed by atoms with E-state index >= 15 is 0 Å². The standard InChI is InChI=1S/C17H18N2/c1-3-5-14(11-18)16-8-13(2)9-17(10-16)15-6-4-7-19-12-15/h3-12H,18H2,1-2H3/b5-3-,14-11+. The lowest BCUT2D eigenvalue weighted by atomic mass is 9.97. The van der Waals surface area contributed by atoms with Crippen LogP contribution in [0.4, 0.5) is 0 Å². The number of aromatic nitrogens is 1. The number of nitrogens with two attached hydrogens (primary N) is 1. The van der Waals surface area contributed by atoms with E-state index in [-0.39, 0.29) is 0 Å². The predicted octanol–water partition coefficient (Wildman–Crippen LogP) is 3.93. The Morgan fingerprint density at radius 3 is 2.68 bits per heavy atom. The van der Waals surface area contributed by atoms with Crippen LogP contribution in [0.2, 0.25) is 0 Å². The lowest BCUT2D eigenvalue weighted by Gasteiger charge is -2.08. The van der Waals surface area contributed by atoms with E-state index in [9.17, 15) is 0 Å². The van der Waals surface area contributed by atoms with E-state index in [0.717, 1.165) is 22.3 Å². The van der Waals surface area contributed by atoms with Crippen LogP contribution in [-0.2, 0) is 0 Å². The Balaban J connectivity index is 2.52. The van der Waals surface area contributed by atoms with Gasteiger partial charge in [0.25, 0.3) is 0 Å². The Bertz CT molecular complexity index is 610. The molecule has 2 rings (SSSR count). The van der Waals surface area contributed by atoms with Crippen molar-refractivity contribution in [1.29, 1.82) is 0 Å². The molecule has 0 saturated heterocycles. The number of allylic oxidation sites excluding steroid dienone is 3. The fourth-order valence-corrected chi connectivity index (χ4v) is 2.08. The molecule has 1 heterocycles. The highest BCUT2D eigenvalue weighted by molar-refractivity contribution is 5.78. The maximum atomic E-state index is 5.70. The SMILES string of the molecule is C/C=C\C(=C/N)c1cc(C)cc(-c2cccnc2)c1. The van der Waals surface area contributed by atoms with Crippen LogP contribution < -0.4 is 5.73 Å². The first kappa shape index (κ1) is 13.1. The number of aryl methyl sites for hydroxylation is 1. The molecule has 2 nitrogen and oxygen atoms in total. The van der Waals surface area contributed by atoms with E-state index in [1.165, 1.54) is 5.56 Å². The van der Waals surface area contributed by atoms with Crippen LogP contribution in [-0.4, -0.2) is 4.98 Å². The Kier molecular flexibility index (Phi) is 4.14. The molecule has 0 spiro atoms. The zero-order valence-corrected chi connectivity index (χ0v) is 11.3. The fraction of sp³-hybridized carbons (Fsp3) is 0.118. The predicted molar refractivity (Wildman–Crippen MR) is 81.4 cm³/mol. The van der Waals surface area contributed by atoms with Crippen molar-refractivity contribution in [1.82, 2.24) is 4.98 Å². The molecule has 0 saturated carbocycles. The molecule has 0 unspecified atom stereocenters. The van der Waals surface area contributed by atoms with Gasteiger partial charge in [0.2, 0.25) is 0 Å². The van der Waals surface area contributed by atoms with Crippen molar-refractivity contribution in [2.24, 2.45) is 5.73 Å². The summed E-state index contributed by atoms with van der Waals surface area (Å²) in [6.45, 7) is 4.08. The van der Waals surface area contributed by atoms with Crippen LogP contribution >= 0.6 is 0 Å². The first-order chi connectivity index (χ1) is 9.24.